The molecule has 0 bridgehead atoms. The first-order valence-corrected chi connectivity index (χ1v) is 8.37. The first kappa shape index (κ1) is 16.5. The Hall–Kier alpha value is -2.34. The average molecular weight is 329 g/mol. The van der Waals surface area contributed by atoms with Crippen molar-refractivity contribution in [2.24, 2.45) is 5.92 Å². The van der Waals surface area contributed by atoms with Crippen molar-refractivity contribution in [2.75, 3.05) is 11.9 Å². The Morgan fingerprint density at radius 2 is 2.21 bits per heavy atom. The van der Waals surface area contributed by atoms with E-state index in [9.17, 15) is 9.90 Å². The topological polar surface area (TPSA) is 87.4 Å². The predicted octanol–water partition coefficient (Wildman–Crippen LogP) is 3.32. The summed E-state index contributed by atoms with van der Waals surface area (Å²) in [4.78, 5) is 16.4. The molecule has 3 N–H and O–H groups in total. The number of hydrogen-bond donors (Lipinski definition) is 3. The highest BCUT2D eigenvalue weighted by atomic mass is 16.4. The third kappa shape index (κ3) is 3.94. The summed E-state index contributed by atoms with van der Waals surface area (Å²) in [5, 5.41) is 15.3. The number of benzene rings is 1. The van der Waals surface area contributed by atoms with Crippen molar-refractivity contribution in [3.8, 4) is 11.5 Å². The van der Waals surface area contributed by atoms with Crippen molar-refractivity contribution in [3.05, 3.63) is 36.2 Å². The van der Waals surface area contributed by atoms with Crippen LogP contribution in [0, 0.1) is 12.8 Å². The molecule has 0 spiro atoms. The van der Waals surface area contributed by atoms with Gasteiger partial charge in [0.2, 0.25) is 5.89 Å². The van der Waals surface area contributed by atoms with Crippen molar-refractivity contribution in [3.63, 3.8) is 0 Å². The second-order valence-corrected chi connectivity index (χ2v) is 6.29. The molecule has 1 fully saturated rings. The van der Waals surface area contributed by atoms with E-state index in [1.807, 2.05) is 31.2 Å². The van der Waals surface area contributed by atoms with Crippen LogP contribution < -0.4 is 10.6 Å². The van der Waals surface area contributed by atoms with E-state index < -0.39 is 0 Å². The maximum Gasteiger partial charge on any atom is 0.319 e. The maximum atomic E-state index is 12.3. The van der Waals surface area contributed by atoms with Gasteiger partial charge >= 0.3 is 6.03 Å². The third-order valence-corrected chi connectivity index (χ3v) is 4.45. The Bertz CT molecular complexity index is 698. The largest absolute Gasteiger partial charge is 0.441 e. The van der Waals surface area contributed by atoms with Gasteiger partial charge in [-0.3, -0.25) is 0 Å². The number of aliphatic hydroxyl groups excluding tert-OH is 1. The van der Waals surface area contributed by atoms with Gasteiger partial charge in [0.05, 0.1) is 6.20 Å². The monoisotopic (exact) mass is 329 g/mol. The molecule has 0 saturated heterocycles. The number of nitrogens with one attached hydrogen (secondary N) is 2. The van der Waals surface area contributed by atoms with E-state index >= 15 is 0 Å². The minimum atomic E-state index is -0.249. The number of carbonyl (C=O) groups excluding carboxylic acids is 1. The number of urea groups is 1. The molecule has 1 heterocycles. The molecular weight excluding hydrogens is 306 g/mol. The van der Waals surface area contributed by atoms with Crippen LogP contribution in [-0.2, 0) is 0 Å². The van der Waals surface area contributed by atoms with Crippen molar-refractivity contribution in [1.82, 2.24) is 10.3 Å². The summed E-state index contributed by atoms with van der Waals surface area (Å²) in [5.74, 6) is 1.42. The zero-order valence-corrected chi connectivity index (χ0v) is 13.8. The van der Waals surface area contributed by atoms with Crippen LogP contribution in [0.1, 0.15) is 31.4 Å². The smallest absolute Gasteiger partial charge is 0.319 e. The van der Waals surface area contributed by atoms with Crippen molar-refractivity contribution < 1.29 is 14.3 Å². The molecule has 2 amide bonds. The van der Waals surface area contributed by atoms with Crippen LogP contribution in [0.5, 0.6) is 0 Å². The molecule has 1 aromatic carbocycles. The predicted molar refractivity (Wildman–Crippen MR) is 91.7 cm³/mol. The van der Waals surface area contributed by atoms with E-state index in [1.165, 1.54) is 0 Å². The fraction of sp³-hybridized carbons (Fsp3) is 0.444. The van der Waals surface area contributed by atoms with Crippen LogP contribution >= 0.6 is 0 Å². The molecule has 1 saturated carbocycles. The molecule has 6 heteroatoms. The van der Waals surface area contributed by atoms with Crippen LogP contribution in [0.4, 0.5) is 10.5 Å². The molecule has 128 valence electrons. The van der Waals surface area contributed by atoms with Gasteiger partial charge in [-0.15, -0.1) is 0 Å². The fourth-order valence-corrected chi connectivity index (χ4v) is 3.17. The van der Waals surface area contributed by atoms with Gasteiger partial charge in [0.1, 0.15) is 5.76 Å². The summed E-state index contributed by atoms with van der Waals surface area (Å²) >= 11 is 0. The molecule has 2 aromatic rings. The van der Waals surface area contributed by atoms with Gasteiger partial charge in [0.15, 0.2) is 0 Å². The molecule has 6 nitrogen and oxygen atoms in total. The maximum absolute atomic E-state index is 12.3. The van der Waals surface area contributed by atoms with Crippen LogP contribution in [-0.4, -0.2) is 28.8 Å². The Labute approximate surface area is 141 Å². The van der Waals surface area contributed by atoms with Gasteiger partial charge in [-0.2, -0.15) is 0 Å². The van der Waals surface area contributed by atoms with Crippen molar-refractivity contribution >= 4 is 11.7 Å². The Balaban J connectivity index is 1.64. The zero-order chi connectivity index (χ0) is 16.9. The highest BCUT2D eigenvalue weighted by Crippen LogP contribution is 2.25. The number of oxazole rings is 1. The minimum Gasteiger partial charge on any atom is -0.441 e. The number of amides is 2. The van der Waals surface area contributed by atoms with Gasteiger partial charge in [-0.25, -0.2) is 9.78 Å². The van der Waals surface area contributed by atoms with E-state index in [0.717, 1.165) is 37.0 Å². The summed E-state index contributed by atoms with van der Waals surface area (Å²) < 4.78 is 5.51. The summed E-state index contributed by atoms with van der Waals surface area (Å²) in [6.45, 7) is 1.96. The lowest BCUT2D eigenvalue weighted by atomic mass is 9.85. The van der Waals surface area contributed by atoms with Crippen LogP contribution in [0.3, 0.4) is 0 Å². The van der Waals surface area contributed by atoms with Gasteiger partial charge in [-0.05, 0) is 38.0 Å². The summed E-state index contributed by atoms with van der Waals surface area (Å²) in [6, 6.07) is 7.17. The number of anilines is 1. The molecule has 1 aromatic heterocycles. The zero-order valence-electron chi connectivity index (χ0n) is 13.8. The van der Waals surface area contributed by atoms with Crippen molar-refractivity contribution in [1.29, 1.82) is 0 Å². The number of hydrogen-bond acceptors (Lipinski definition) is 4. The van der Waals surface area contributed by atoms with Crippen LogP contribution in [0.15, 0.2) is 34.9 Å². The molecule has 0 unspecified atom stereocenters. The Morgan fingerprint density at radius 1 is 1.38 bits per heavy atom. The van der Waals surface area contributed by atoms with E-state index in [1.54, 1.807) is 6.20 Å². The van der Waals surface area contributed by atoms with Crippen LogP contribution in [0.2, 0.25) is 0 Å². The molecule has 24 heavy (non-hydrogen) atoms. The molecular formula is C18H23N3O3. The van der Waals surface area contributed by atoms with Gasteiger partial charge in [0.25, 0.3) is 0 Å². The number of carbonyl (C=O) groups is 1. The number of aryl methyl sites for hydroxylation is 1. The van der Waals surface area contributed by atoms with E-state index in [4.69, 9.17) is 4.42 Å². The van der Waals surface area contributed by atoms with Gasteiger partial charge in [0, 0.05) is 29.8 Å². The molecule has 3 rings (SSSR count). The van der Waals surface area contributed by atoms with E-state index in [-0.39, 0.29) is 24.6 Å². The number of aliphatic hydroxyl groups is 1. The number of rotatable bonds is 4. The molecule has 1 aliphatic carbocycles. The van der Waals surface area contributed by atoms with E-state index in [0.29, 0.717) is 11.6 Å². The summed E-state index contributed by atoms with van der Waals surface area (Å²) in [6.07, 6.45) is 5.73. The summed E-state index contributed by atoms with van der Waals surface area (Å²) in [7, 11) is 0. The minimum absolute atomic E-state index is 0.0290. The van der Waals surface area contributed by atoms with Crippen molar-refractivity contribution in [2.45, 2.75) is 38.6 Å². The first-order chi connectivity index (χ1) is 11.7. The fourth-order valence-electron chi connectivity index (χ4n) is 3.17. The average Bonchev–Trinajstić information content (AvgIpc) is 3.02. The third-order valence-electron chi connectivity index (χ3n) is 4.45. The number of aromatic nitrogens is 1. The number of nitrogens with zero attached hydrogens (tertiary/aromatic N) is 1. The highest BCUT2D eigenvalue weighted by Gasteiger charge is 2.25. The quantitative estimate of drug-likeness (QED) is 0.803. The lowest BCUT2D eigenvalue weighted by Gasteiger charge is -2.30. The SMILES string of the molecule is Cc1cnc(-c2cccc(NC(=O)N[C@H]3CCCC[C@@H]3CO)c2)o1. The molecule has 2 atom stereocenters. The second kappa shape index (κ2) is 7.49. The second-order valence-electron chi connectivity index (χ2n) is 6.29. The Kier molecular flexibility index (Phi) is 5.15. The molecule has 0 radical (unpaired) electrons. The first-order valence-electron chi connectivity index (χ1n) is 8.37. The Morgan fingerprint density at radius 3 is 2.96 bits per heavy atom. The molecule has 1 aliphatic rings. The lowest BCUT2D eigenvalue weighted by molar-refractivity contribution is 0.156. The van der Waals surface area contributed by atoms with Gasteiger partial charge < -0.3 is 20.2 Å². The van der Waals surface area contributed by atoms with Crippen LogP contribution in [0.25, 0.3) is 11.5 Å². The highest BCUT2D eigenvalue weighted by molar-refractivity contribution is 5.90. The van der Waals surface area contributed by atoms with Gasteiger partial charge in [-0.1, -0.05) is 18.9 Å². The standard InChI is InChI=1S/C18H23N3O3/c1-12-10-19-17(24-12)13-6-4-7-15(9-13)20-18(23)21-16-8-3-2-5-14(16)11-22/h4,6-7,9-10,14,16,22H,2-3,5,8,11H2,1H3,(H2,20,21,23)/t14-,16+/m1/s1. The lowest BCUT2D eigenvalue weighted by Crippen LogP contribution is -2.45. The molecule has 0 aliphatic heterocycles. The van der Waals surface area contributed by atoms with E-state index in [2.05, 4.69) is 15.6 Å². The normalized spacial score (nSPS) is 20.6. The summed E-state index contributed by atoms with van der Waals surface area (Å²) in [5.41, 5.74) is 1.49.